The Morgan fingerprint density at radius 2 is 2.18 bits per heavy atom. The van der Waals surface area contributed by atoms with Crippen molar-refractivity contribution in [2.24, 2.45) is 0 Å². The summed E-state index contributed by atoms with van der Waals surface area (Å²) in [5.74, 6) is 0. The van der Waals surface area contributed by atoms with Gasteiger partial charge < -0.3 is 5.21 Å². The van der Waals surface area contributed by atoms with Crippen LogP contribution in [0, 0.1) is 6.92 Å². The summed E-state index contributed by atoms with van der Waals surface area (Å²) in [6.07, 6.45) is 0. The number of nitrogens with zero attached hydrogens (tertiary/aromatic N) is 3. The van der Waals surface area contributed by atoms with Crippen LogP contribution in [-0.2, 0) is 0 Å². The maximum absolute atomic E-state index is 8.88. The third-order valence-corrected chi connectivity index (χ3v) is 1.60. The molecule has 0 aliphatic carbocycles. The van der Waals surface area contributed by atoms with Crippen LogP contribution in [-0.4, -0.2) is 20.4 Å². The highest BCUT2D eigenvalue weighted by Crippen LogP contribution is 2.11. The standard InChI is InChI=1S/C7H7N3O/c1-5-3-2-4-6-7(5)9-10(11)8-6/h2-4,11H,1H3. The Labute approximate surface area is 63.0 Å². The average Bonchev–Trinajstić information content (AvgIpc) is 2.31. The third kappa shape index (κ3) is 0.832. The maximum atomic E-state index is 8.88. The van der Waals surface area contributed by atoms with Crippen molar-refractivity contribution in [3.8, 4) is 0 Å². The van der Waals surface area contributed by atoms with Gasteiger partial charge in [0.2, 0.25) is 0 Å². The second-order valence-corrected chi connectivity index (χ2v) is 2.41. The summed E-state index contributed by atoms with van der Waals surface area (Å²) in [4.78, 5) is 0.595. The lowest BCUT2D eigenvalue weighted by atomic mass is 10.2. The van der Waals surface area contributed by atoms with Crippen LogP contribution >= 0.6 is 0 Å². The van der Waals surface area contributed by atoms with Gasteiger partial charge in [-0.25, -0.2) is 0 Å². The van der Waals surface area contributed by atoms with Crippen LogP contribution in [0.25, 0.3) is 11.0 Å². The predicted octanol–water partition coefficient (Wildman–Crippen LogP) is 0.977. The van der Waals surface area contributed by atoms with Gasteiger partial charge in [0.25, 0.3) is 0 Å². The molecule has 4 nitrogen and oxygen atoms in total. The number of aromatic nitrogens is 3. The summed E-state index contributed by atoms with van der Waals surface area (Å²) in [5, 5.41) is 16.4. The van der Waals surface area contributed by atoms with E-state index in [4.69, 9.17) is 5.21 Å². The highest BCUT2D eigenvalue weighted by Gasteiger charge is 2.01. The molecule has 1 aromatic heterocycles. The first-order chi connectivity index (χ1) is 5.27. The van der Waals surface area contributed by atoms with Gasteiger partial charge in [0, 0.05) is 0 Å². The highest BCUT2D eigenvalue weighted by molar-refractivity contribution is 5.76. The first-order valence-electron chi connectivity index (χ1n) is 3.29. The minimum atomic E-state index is 0.595. The topological polar surface area (TPSA) is 50.9 Å². The molecule has 0 fully saturated rings. The molecule has 11 heavy (non-hydrogen) atoms. The lowest BCUT2D eigenvalue weighted by Crippen LogP contribution is -1.93. The number of hydrogen-bond acceptors (Lipinski definition) is 3. The number of aryl methyl sites for hydroxylation is 1. The summed E-state index contributed by atoms with van der Waals surface area (Å²) in [6.45, 7) is 1.93. The monoisotopic (exact) mass is 149 g/mol. The molecule has 2 rings (SSSR count). The average molecular weight is 149 g/mol. The number of benzene rings is 1. The van der Waals surface area contributed by atoms with Crippen LogP contribution < -0.4 is 0 Å². The normalized spacial score (nSPS) is 10.6. The van der Waals surface area contributed by atoms with Gasteiger partial charge in [-0.2, -0.15) is 0 Å². The molecule has 0 unspecified atom stereocenters. The fraction of sp³-hybridized carbons (Fsp3) is 0.143. The fourth-order valence-electron chi connectivity index (χ4n) is 1.06. The van der Waals surface area contributed by atoms with Crippen molar-refractivity contribution in [2.75, 3.05) is 0 Å². The van der Waals surface area contributed by atoms with Crippen LogP contribution in [0.4, 0.5) is 0 Å². The van der Waals surface area contributed by atoms with Gasteiger partial charge in [-0.3, -0.25) is 0 Å². The summed E-state index contributed by atoms with van der Waals surface area (Å²) in [7, 11) is 0. The molecular weight excluding hydrogens is 142 g/mol. The second kappa shape index (κ2) is 1.95. The Bertz CT molecular complexity index is 393. The molecule has 0 radical (unpaired) electrons. The molecular formula is C7H7N3O. The summed E-state index contributed by atoms with van der Waals surface area (Å²) >= 11 is 0. The molecule has 0 amide bonds. The van der Waals surface area contributed by atoms with Crippen molar-refractivity contribution in [3.63, 3.8) is 0 Å². The van der Waals surface area contributed by atoms with E-state index in [1.165, 1.54) is 0 Å². The van der Waals surface area contributed by atoms with Gasteiger partial charge in [0.15, 0.2) is 0 Å². The molecule has 0 bridgehead atoms. The molecule has 2 aromatic rings. The van der Waals surface area contributed by atoms with Crippen molar-refractivity contribution >= 4 is 11.0 Å². The van der Waals surface area contributed by atoms with Gasteiger partial charge in [-0.15, -0.1) is 10.2 Å². The van der Waals surface area contributed by atoms with E-state index >= 15 is 0 Å². The first kappa shape index (κ1) is 6.15. The summed E-state index contributed by atoms with van der Waals surface area (Å²) in [5.41, 5.74) is 2.48. The largest absolute Gasteiger partial charge is 0.396 e. The minimum Gasteiger partial charge on any atom is -0.396 e. The molecule has 0 spiro atoms. The quantitative estimate of drug-likeness (QED) is 0.568. The van der Waals surface area contributed by atoms with E-state index in [1.54, 1.807) is 0 Å². The van der Waals surface area contributed by atoms with E-state index in [1.807, 2.05) is 25.1 Å². The highest BCUT2D eigenvalue weighted by atomic mass is 16.5. The molecule has 0 aliphatic heterocycles. The van der Waals surface area contributed by atoms with Gasteiger partial charge in [0.1, 0.15) is 11.0 Å². The zero-order valence-corrected chi connectivity index (χ0v) is 6.02. The van der Waals surface area contributed by atoms with E-state index in [0.29, 0.717) is 10.5 Å². The van der Waals surface area contributed by atoms with Crippen molar-refractivity contribution in [1.82, 2.24) is 15.2 Å². The Morgan fingerprint density at radius 3 is 2.91 bits per heavy atom. The fourth-order valence-corrected chi connectivity index (χ4v) is 1.06. The molecule has 56 valence electrons. The van der Waals surface area contributed by atoms with Crippen molar-refractivity contribution in [1.29, 1.82) is 0 Å². The summed E-state index contributed by atoms with van der Waals surface area (Å²) < 4.78 is 0. The lowest BCUT2D eigenvalue weighted by molar-refractivity contribution is 0.113. The van der Waals surface area contributed by atoms with Gasteiger partial charge in [0.05, 0.1) is 0 Å². The Hall–Kier alpha value is -1.58. The van der Waals surface area contributed by atoms with Crippen LogP contribution in [0.3, 0.4) is 0 Å². The van der Waals surface area contributed by atoms with Crippen LogP contribution in [0.2, 0.25) is 0 Å². The van der Waals surface area contributed by atoms with Gasteiger partial charge in [-0.05, 0) is 23.5 Å². The van der Waals surface area contributed by atoms with E-state index in [9.17, 15) is 0 Å². The number of fused-ring (bicyclic) bond motifs is 1. The Morgan fingerprint density at radius 1 is 1.36 bits per heavy atom. The molecule has 0 saturated carbocycles. The van der Waals surface area contributed by atoms with Crippen LogP contribution in [0.15, 0.2) is 18.2 Å². The maximum Gasteiger partial charge on any atom is 0.119 e. The van der Waals surface area contributed by atoms with E-state index in [2.05, 4.69) is 10.2 Å². The van der Waals surface area contributed by atoms with Crippen molar-refractivity contribution in [3.05, 3.63) is 23.8 Å². The van der Waals surface area contributed by atoms with E-state index < -0.39 is 0 Å². The minimum absolute atomic E-state index is 0.595. The summed E-state index contributed by atoms with van der Waals surface area (Å²) in [6, 6.07) is 5.62. The van der Waals surface area contributed by atoms with Gasteiger partial charge >= 0.3 is 0 Å². The zero-order chi connectivity index (χ0) is 7.84. The predicted molar refractivity (Wildman–Crippen MR) is 39.4 cm³/mol. The molecule has 1 heterocycles. The smallest absolute Gasteiger partial charge is 0.119 e. The van der Waals surface area contributed by atoms with Gasteiger partial charge in [-0.1, -0.05) is 12.1 Å². The van der Waals surface area contributed by atoms with Crippen LogP contribution in [0.5, 0.6) is 0 Å². The van der Waals surface area contributed by atoms with Crippen molar-refractivity contribution in [2.45, 2.75) is 6.92 Å². The van der Waals surface area contributed by atoms with Crippen LogP contribution in [0.1, 0.15) is 5.56 Å². The number of rotatable bonds is 0. The third-order valence-electron chi connectivity index (χ3n) is 1.60. The van der Waals surface area contributed by atoms with E-state index in [-0.39, 0.29) is 0 Å². The molecule has 4 heteroatoms. The van der Waals surface area contributed by atoms with Crippen molar-refractivity contribution < 1.29 is 5.21 Å². The number of hydrogen-bond donors (Lipinski definition) is 1. The lowest BCUT2D eigenvalue weighted by Gasteiger charge is -1.87. The Balaban J connectivity index is 2.90. The molecule has 0 atom stereocenters. The molecule has 0 aliphatic rings. The molecule has 1 N–H and O–H groups in total. The Kier molecular flexibility index (Phi) is 1.09. The van der Waals surface area contributed by atoms with E-state index in [0.717, 1.165) is 11.1 Å². The molecule has 0 saturated heterocycles. The first-order valence-corrected chi connectivity index (χ1v) is 3.29. The zero-order valence-electron chi connectivity index (χ0n) is 6.02. The molecule has 1 aromatic carbocycles. The second-order valence-electron chi connectivity index (χ2n) is 2.41. The SMILES string of the molecule is Cc1cccc2nn(O)nc12.